The third-order valence-electron chi connectivity index (χ3n) is 3.71. The Kier molecular flexibility index (Phi) is 5.79. The Morgan fingerprint density at radius 2 is 1.64 bits per heavy atom. The molecule has 0 amide bonds. The molecule has 1 aromatic rings. The highest BCUT2D eigenvalue weighted by molar-refractivity contribution is 7.55. The molecule has 0 aromatic heterocycles. The maximum atomic E-state index is 13.0. The summed E-state index contributed by atoms with van der Waals surface area (Å²) in [6.07, 6.45) is 0. The third-order valence-corrected chi connectivity index (χ3v) is 6.32. The van der Waals surface area contributed by atoms with Gasteiger partial charge in [0.15, 0.2) is 0 Å². The summed E-state index contributed by atoms with van der Waals surface area (Å²) in [6, 6.07) is 9.57. The molecule has 0 N–H and O–H groups in total. The molecule has 3 unspecified atom stereocenters. The normalized spacial score (nSPS) is 24.0. The number of carbonyl (C=O) groups is 1. The number of ether oxygens (including phenoxy) is 1. The summed E-state index contributed by atoms with van der Waals surface area (Å²) in [7, 11) is -3.34. The summed E-state index contributed by atoms with van der Waals surface area (Å²) < 4.78 is 29.0. The molecule has 0 bridgehead atoms. The fraction of sp³-hybridized carbons (Fsp3) is 0.562. The van der Waals surface area contributed by atoms with Crippen LogP contribution >= 0.6 is 7.60 Å². The second kappa shape index (κ2) is 7.40. The maximum Gasteiger partial charge on any atom is 0.335 e. The lowest BCUT2D eigenvalue weighted by atomic mass is 10.1. The summed E-state index contributed by atoms with van der Waals surface area (Å²) in [5.74, 6) is -0.976. The van der Waals surface area contributed by atoms with Crippen LogP contribution in [0.2, 0.25) is 0 Å². The monoisotopic (exact) mass is 326 g/mol. The van der Waals surface area contributed by atoms with Gasteiger partial charge in [0, 0.05) is 5.92 Å². The smallest absolute Gasteiger partial charge is 0.335 e. The molecule has 6 heteroatoms. The van der Waals surface area contributed by atoms with E-state index in [0.717, 1.165) is 5.56 Å². The van der Waals surface area contributed by atoms with Gasteiger partial charge in [-0.1, -0.05) is 30.3 Å². The predicted molar refractivity (Wildman–Crippen MR) is 84.0 cm³/mol. The van der Waals surface area contributed by atoms with Crippen LogP contribution in [0.3, 0.4) is 0 Å². The van der Waals surface area contributed by atoms with E-state index in [9.17, 15) is 9.36 Å². The highest BCUT2D eigenvalue weighted by Gasteiger charge is 2.66. The van der Waals surface area contributed by atoms with Crippen LogP contribution in [0, 0.1) is 5.92 Å². The van der Waals surface area contributed by atoms with E-state index in [-0.39, 0.29) is 25.1 Å². The summed E-state index contributed by atoms with van der Waals surface area (Å²) in [6.45, 7) is 6.17. The molecule has 1 aliphatic carbocycles. The SMILES string of the molecule is CCOC(=O)C1C(c2ccccc2)C1P(=O)(OCC)OCC. The van der Waals surface area contributed by atoms with Gasteiger partial charge in [0.25, 0.3) is 0 Å². The summed E-state index contributed by atoms with van der Waals surface area (Å²) in [5, 5.41) is 0. The minimum absolute atomic E-state index is 0.177. The molecule has 0 aliphatic heterocycles. The molecule has 1 fully saturated rings. The summed E-state index contributed by atoms with van der Waals surface area (Å²) in [5.41, 5.74) is 0.499. The summed E-state index contributed by atoms with van der Waals surface area (Å²) >= 11 is 0. The first-order chi connectivity index (χ1) is 10.6. The topological polar surface area (TPSA) is 61.8 Å². The molecule has 1 aliphatic rings. The van der Waals surface area contributed by atoms with Gasteiger partial charge in [-0.05, 0) is 26.3 Å². The third kappa shape index (κ3) is 3.43. The van der Waals surface area contributed by atoms with Gasteiger partial charge in [-0.15, -0.1) is 0 Å². The molecule has 0 heterocycles. The van der Waals surface area contributed by atoms with Crippen LogP contribution in [0.1, 0.15) is 32.3 Å². The van der Waals surface area contributed by atoms with Crippen LogP contribution < -0.4 is 0 Å². The Morgan fingerprint density at radius 3 is 2.14 bits per heavy atom. The van der Waals surface area contributed by atoms with Crippen LogP contribution in [0.15, 0.2) is 30.3 Å². The zero-order valence-electron chi connectivity index (χ0n) is 13.2. The second-order valence-corrected chi connectivity index (χ2v) is 7.27. The number of hydrogen-bond donors (Lipinski definition) is 0. The molecular weight excluding hydrogens is 303 g/mol. The van der Waals surface area contributed by atoms with Crippen LogP contribution in [0.25, 0.3) is 0 Å². The van der Waals surface area contributed by atoms with Crippen molar-refractivity contribution in [3.63, 3.8) is 0 Å². The van der Waals surface area contributed by atoms with Crippen LogP contribution in [0.4, 0.5) is 0 Å². The zero-order valence-corrected chi connectivity index (χ0v) is 14.1. The van der Waals surface area contributed by atoms with Crippen LogP contribution in [0.5, 0.6) is 0 Å². The highest BCUT2D eigenvalue weighted by Crippen LogP contribution is 2.71. The Bertz CT molecular complexity index is 535. The molecule has 0 radical (unpaired) electrons. The van der Waals surface area contributed by atoms with Gasteiger partial charge >= 0.3 is 13.6 Å². The summed E-state index contributed by atoms with van der Waals surface area (Å²) in [4.78, 5) is 12.2. The molecule has 0 spiro atoms. The molecule has 1 saturated carbocycles. The number of rotatable bonds is 8. The van der Waals surface area contributed by atoms with E-state index in [2.05, 4.69) is 0 Å². The van der Waals surface area contributed by atoms with E-state index < -0.39 is 19.2 Å². The zero-order chi connectivity index (χ0) is 16.2. The van der Waals surface area contributed by atoms with E-state index in [1.807, 2.05) is 30.3 Å². The van der Waals surface area contributed by atoms with Crippen molar-refractivity contribution >= 4 is 13.6 Å². The van der Waals surface area contributed by atoms with Crippen LogP contribution in [-0.4, -0.2) is 31.4 Å². The quantitative estimate of drug-likeness (QED) is 0.539. The van der Waals surface area contributed by atoms with Gasteiger partial charge in [0.2, 0.25) is 0 Å². The lowest BCUT2D eigenvalue weighted by Crippen LogP contribution is -2.11. The van der Waals surface area contributed by atoms with Gasteiger partial charge < -0.3 is 13.8 Å². The predicted octanol–water partition coefficient (Wildman–Crippen LogP) is 3.60. The highest BCUT2D eigenvalue weighted by atomic mass is 31.2. The average molecular weight is 326 g/mol. The number of benzene rings is 1. The largest absolute Gasteiger partial charge is 0.466 e. The molecule has 22 heavy (non-hydrogen) atoms. The van der Waals surface area contributed by atoms with Gasteiger partial charge in [0.05, 0.1) is 31.4 Å². The van der Waals surface area contributed by atoms with E-state index in [4.69, 9.17) is 13.8 Å². The Labute approximate surface area is 131 Å². The van der Waals surface area contributed by atoms with Gasteiger partial charge in [-0.2, -0.15) is 0 Å². The van der Waals surface area contributed by atoms with Crippen LogP contribution in [-0.2, 0) is 23.1 Å². The number of esters is 1. The lowest BCUT2D eigenvalue weighted by molar-refractivity contribution is -0.144. The van der Waals surface area contributed by atoms with Crippen molar-refractivity contribution in [1.29, 1.82) is 0 Å². The second-order valence-electron chi connectivity index (χ2n) is 5.08. The van der Waals surface area contributed by atoms with Gasteiger partial charge in [-0.3, -0.25) is 9.36 Å². The molecular formula is C16H23O5P. The molecule has 122 valence electrons. The number of carbonyl (C=O) groups excluding carboxylic acids is 1. The van der Waals surface area contributed by atoms with Crippen molar-refractivity contribution in [2.45, 2.75) is 32.3 Å². The minimum atomic E-state index is -3.34. The van der Waals surface area contributed by atoms with E-state index in [1.165, 1.54) is 0 Å². The van der Waals surface area contributed by atoms with Crippen molar-refractivity contribution in [3.05, 3.63) is 35.9 Å². The van der Waals surface area contributed by atoms with Crippen molar-refractivity contribution in [1.82, 2.24) is 0 Å². The molecule has 0 saturated heterocycles. The maximum absolute atomic E-state index is 13.0. The molecule has 2 rings (SSSR count). The van der Waals surface area contributed by atoms with Crippen molar-refractivity contribution < 1.29 is 23.1 Å². The van der Waals surface area contributed by atoms with E-state index in [1.54, 1.807) is 20.8 Å². The average Bonchev–Trinajstić information content (AvgIpc) is 3.25. The first kappa shape index (κ1) is 17.2. The molecule has 3 atom stereocenters. The lowest BCUT2D eigenvalue weighted by Gasteiger charge is -2.17. The first-order valence-corrected chi connectivity index (χ1v) is 9.30. The molecule has 5 nitrogen and oxygen atoms in total. The fourth-order valence-corrected chi connectivity index (χ4v) is 5.35. The Morgan fingerprint density at radius 1 is 1.05 bits per heavy atom. The molecule has 1 aromatic carbocycles. The Hall–Kier alpha value is -1.16. The van der Waals surface area contributed by atoms with Crippen molar-refractivity contribution in [3.8, 4) is 0 Å². The van der Waals surface area contributed by atoms with E-state index in [0.29, 0.717) is 6.61 Å². The standard InChI is InChI=1S/C16H23O5P/c1-4-19-16(17)14-13(12-10-8-7-9-11-12)15(14)22(18,20-5-2)21-6-3/h7-11,13-15H,4-6H2,1-3H3. The van der Waals surface area contributed by atoms with Crippen molar-refractivity contribution in [2.75, 3.05) is 19.8 Å². The number of hydrogen-bond acceptors (Lipinski definition) is 5. The van der Waals surface area contributed by atoms with Gasteiger partial charge in [0.1, 0.15) is 0 Å². The fourth-order valence-electron chi connectivity index (χ4n) is 2.86. The first-order valence-electron chi connectivity index (χ1n) is 7.69. The van der Waals surface area contributed by atoms with E-state index >= 15 is 0 Å². The Balaban J connectivity index is 2.30. The minimum Gasteiger partial charge on any atom is -0.466 e. The van der Waals surface area contributed by atoms with Gasteiger partial charge in [-0.25, -0.2) is 0 Å². The van der Waals surface area contributed by atoms with Crippen molar-refractivity contribution in [2.24, 2.45) is 5.92 Å².